The second-order valence-corrected chi connectivity index (χ2v) is 16.0. The number of unbranched alkanes of at least 4 members (excludes halogenated alkanes) is 2. The number of amides is 3. The Kier molecular flexibility index (Phi) is 21.3. The average molecular weight is 876 g/mol. The van der Waals surface area contributed by atoms with Crippen LogP contribution in [0, 0.1) is 5.92 Å². The fourth-order valence-corrected chi connectivity index (χ4v) is 7.13. The van der Waals surface area contributed by atoms with Crippen molar-refractivity contribution in [1.82, 2.24) is 15.7 Å². The predicted octanol–water partition coefficient (Wildman–Crippen LogP) is 7.60. The molecule has 3 aromatic rings. The number of carbonyl (C=O) groups is 5. The highest BCUT2D eigenvalue weighted by atomic mass is 31.2. The molecule has 0 bridgehead atoms. The summed E-state index contributed by atoms with van der Waals surface area (Å²) in [6, 6.07) is 16.0. The van der Waals surface area contributed by atoms with E-state index >= 15 is 0 Å². The third-order valence-corrected chi connectivity index (χ3v) is 10.4. The van der Waals surface area contributed by atoms with Crippen molar-refractivity contribution in [3.05, 3.63) is 72.0 Å². The lowest BCUT2D eigenvalue weighted by atomic mass is 9.90. The Hall–Kier alpha value is -5.42. The van der Waals surface area contributed by atoms with Crippen molar-refractivity contribution in [1.29, 1.82) is 0 Å². The third kappa shape index (κ3) is 16.9. The molecular weight excluding hydrogens is 817 g/mol. The molecule has 2 unspecified atom stereocenters. The lowest BCUT2D eigenvalue weighted by molar-refractivity contribution is -0.200. The highest BCUT2D eigenvalue weighted by molar-refractivity contribution is 7.62. The molecule has 1 aromatic heterocycles. The van der Waals surface area contributed by atoms with E-state index in [4.69, 9.17) is 42.0 Å². The standard InChI is InChI=1S/C42H58N3O15P/c1-8-11-13-18-35(36(9-2)45(26-46)55-24-31-16-14-12-15-17-31)39(47)43-25-44-40(48)38-20-19-37(60-38)32-21-33(52-10-3)23-34(22-32)61(51,56-27-53-41(49)58-29(4)5)57-28-54-42(50)59-30(6)7/h12,14-17,19-23,26,29-30,35-36H,8-11,13,18,24-25,27-28H2,1-7H3,(H,43,47)(H,44,48). The number of hydrogen-bond acceptors (Lipinski definition) is 15. The van der Waals surface area contributed by atoms with Crippen LogP contribution in [-0.2, 0) is 53.6 Å². The zero-order valence-corrected chi connectivity index (χ0v) is 36.6. The summed E-state index contributed by atoms with van der Waals surface area (Å²) in [6.45, 7) is 10.4. The predicted molar refractivity (Wildman–Crippen MR) is 221 cm³/mol. The first-order chi connectivity index (χ1) is 29.2. The quantitative estimate of drug-likeness (QED) is 0.0188. The molecule has 2 aromatic carbocycles. The van der Waals surface area contributed by atoms with Crippen LogP contribution >= 0.6 is 7.60 Å². The SMILES string of the molecule is CCCCCC(C(=O)NCNC(=O)c1ccc(-c2cc(OCC)cc(P(=O)(OCOC(=O)OC(C)C)OCOC(=O)OC(C)C)c2)o1)C(CC)N(C=O)OCc1ccccc1. The minimum absolute atomic E-state index is 0.113. The first kappa shape index (κ1) is 49.9. The fourth-order valence-electron chi connectivity index (χ4n) is 5.79. The van der Waals surface area contributed by atoms with Gasteiger partial charge in [0.1, 0.15) is 18.1 Å². The third-order valence-electron chi connectivity index (χ3n) is 8.60. The molecule has 0 aliphatic heterocycles. The zero-order chi connectivity index (χ0) is 44.8. The van der Waals surface area contributed by atoms with Crippen LogP contribution < -0.4 is 20.7 Å². The molecule has 2 atom stereocenters. The van der Waals surface area contributed by atoms with Gasteiger partial charge in [-0.3, -0.25) is 32.8 Å². The Labute approximate surface area is 356 Å². The van der Waals surface area contributed by atoms with Gasteiger partial charge in [0, 0.05) is 5.56 Å². The largest absolute Gasteiger partial charge is 0.510 e. The summed E-state index contributed by atoms with van der Waals surface area (Å²) in [6.07, 6.45) is 0.917. The maximum atomic E-state index is 14.3. The van der Waals surface area contributed by atoms with Crippen LogP contribution in [0.15, 0.2) is 65.1 Å². The van der Waals surface area contributed by atoms with Gasteiger partial charge in [-0.2, -0.15) is 0 Å². The summed E-state index contributed by atoms with van der Waals surface area (Å²) in [4.78, 5) is 68.9. The minimum Gasteiger partial charge on any atom is -0.494 e. The van der Waals surface area contributed by atoms with Crippen LogP contribution in [0.1, 0.15) is 96.7 Å². The highest BCUT2D eigenvalue weighted by Gasteiger charge is 2.33. The Bertz CT molecular complexity index is 1860. The lowest BCUT2D eigenvalue weighted by Gasteiger charge is -2.32. The van der Waals surface area contributed by atoms with Gasteiger partial charge in [0.2, 0.25) is 25.9 Å². The van der Waals surface area contributed by atoms with Gasteiger partial charge in [-0.1, -0.05) is 63.4 Å². The summed E-state index contributed by atoms with van der Waals surface area (Å²) < 4.78 is 56.4. The van der Waals surface area contributed by atoms with Crippen LogP contribution in [0.5, 0.6) is 5.75 Å². The first-order valence-corrected chi connectivity index (χ1v) is 21.7. The van der Waals surface area contributed by atoms with E-state index < -0.39 is 63.6 Å². The number of nitrogens with one attached hydrogen (secondary N) is 2. The topological polar surface area (TPSA) is 217 Å². The van der Waals surface area contributed by atoms with Crippen LogP contribution in [0.4, 0.5) is 9.59 Å². The summed E-state index contributed by atoms with van der Waals surface area (Å²) in [5.41, 5.74) is 1.14. The van der Waals surface area contributed by atoms with Gasteiger partial charge in [0.05, 0.1) is 42.7 Å². The Morgan fingerprint density at radius 3 is 2.07 bits per heavy atom. The zero-order valence-electron chi connectivity index (χ0n) is 35.7. The van der Waals surface area contributed by atoms with Crippen LogP contribution in [0.3, 0.4) is 0 Å². The van der Waals surface area contributed by atoms with Crippen LogP contribution in [0.25, 0.3) is 11.3 Å². The van der Waals surface area contributed by atoms with Crippen molar-refractivity contribution < 1.29 is 70.5 Å². The van der Waals surface area contributed by atoms with Crippen molar-refractivity contribution in [2.45, 2.75) is 105 Å². The van der Waals surface area contributed by atoms with Gasteiger partial charge < -0.3 is 38.7 Å². The molecule has 2 N–H and O–H groups in total. The van der Waals surface area contributed by atoms with Crippen molar-refractivity contribution in [2.24, 2.45) is 5.92 Å². The minimum atomic E-state index is -4.48. The molecule has 1 heterocycles. The molecule has 3 amide bonds. The van der Waals surface area contributed by atoms with Crippen LogP contribution in [-0.4, -0.2) is 80.7 Å². The lowest BCUT2D eigenvalue weighted by Crippen LogP contribution is -2.48. The smallest absolute Gasteiger partial charge is 0.494 e. The van der Waals surface area contributed by atoms with Gasteiger partial charge in [0.15, 0.2) is 5.76 Å². The van der Waals surface area contributed by atoms with E-state index in [9.17, 15) is 28.5 Å². The van der Waals surface area contributed by atoms with E-state index in [-0.39, 0.29) is 53.9 Å². The van der Waals surface area contributed by atoms with Gasteiger partial charge in [0.25, 0.3) is 5.91 Å². The number of hydroxylamine groups is 2. The van der Waals surface area contributed by atoms with Crippen molar-refractivity contribution in [2.75, 3.05) is 26.9 Å². The van der Waals surface area contributed by atoms with Gasteiger partial charge in [-0.15, -0.1) is 0 Å². The van der Waals surface area contributed by atoms with E-state index in [1.807, 2.05) is 37.3 Å². The van der Waals surface area contributed by atoms with E-state index in [1.54, 1.807) is 40.7 Å². The number of hydrogen-bond donors (Lipinski definition) is 2. The first-order valence-electron chi connectivity index (χ1n) is 20.1. The maximum Gasteiger partial charge on any atom is 0.510 e. The fraction of sp³-hybridized carbons (Fsp3) is 0.500. The summed E-state index contributed by atoms with van der Waals surface area (Å²) in [7, 11) is -4.48. The van der Waals surface area contributed by atoms with Gasteiger partial charge >= 0.3 is 19.9 Å². The van der Waals surface area contributed by atoms with Gasteiger partial charge in [-0.25, -0.2) is 14.7 Å². The summed E-state index contributed by atoms with van der Waals surface area (Å²) in [5, 5.41) is 6.48. The van der Waals surface area contributed by atoms with Crippen molar-refractivity contribution >= 4 is 43.4 Å². The van der Waals surface area contributed by atoms with Crippen molar-refractivity contribution in [3.63, 3.8) is 0 Å². The molecule has 0 saturated carbocycles. The highest BCUT2D eigenvalue weighted by Crippen LogP contribution is 2.48. The Morgan fingerprint density at radius 2 is 1.49 bits per heavy atom. The summed E-state index contributed by atoms with van der Waals surface area (Å²) >= 11 is 0. The molecule has 18 nitrogen and oxygen atoms in total. The number of rotatable bonds is 27. The molecule has 0 radical (unpaired) electrons. The van der Waals surface area contributed by atoms with Crippen molar-refractivity contribution in [3.8, 4) is 17.1 Å². The normalized spacial score (nSPS) is 12.3. The number of carbonyl (C=O) groups excluding carboxylic acids is 5. The number of ether oxygens (including phenoxy) is 5. The molecule has 0 saturated heterocycles. The number of nitrogens with zero attached hydrogens (tertiary/aromatic N) is 1. The molecule has 19 heteroatoms. The molecular formula is C42H58N3O15P. The molecule has 0 aliphatic rings. The molecule has 3 rings (SSSR count). The second kappa shape index (κ2) is 26.0. The molecule has 0 spiro atoms. The Balaban J connectivity index is 1.78. The van der Waals surface area contributed by atoms with E-state index in [1.165, 1.54) is 29.3 Å². The molecule has 0 fully saturated rings. The number of furan rings is 1. The second-order valence-electron chi connectivity index (χ2n) is 14.0. The molecule has 336 valence electrons. The molecule has 0 aliphatic carbocycles. The Morgan fingerprint density at radius 1 is 0.836 bits per heavy atom. The van der Waals surface area contributed by atoms with E-state index in [0.29, 0.717) is 19.3 Å². The summed E-state index contributed by atoms with van der Waals surface area (Å²) in [5.74, 6) is -1.42. The van der Waals surface area contributed by atoms with E-state index in [0.717, 1.165) is 24.8 Å². The monoisotopic (exact) mass is 875 g/mol. The number of benzene rings is 2. The van der Waals surface area contributed by atoms with E-state index in [2.05, 4.69) is 17.6 Å². The average Bonchev–Trinajstić information content (AvgIpc) is 3.72. The van der Waals surface area contributed by atoms with Gasteiger partial charge in [-0.05, 0) is 83.4 Å². The maximum absolute atomic E-state index is 14.3. The molecule has 61 heavy (non-hydrogen) atoms. The van der Waals surface area contributed by atoms with Crippen LogP contribution in [0.2, 0.25) is 0 Å².